The van der Waals surface area contributed by atoms with Crippen molar-refractivity contribution in [2.75, 3.05) is 18.7 Å². The van der Waals surface area contributed by atoms with E-state index < -0.39 is 0 Å². The molecule has 0 spiro atoms. The summed E-state index contributed by atoms with van der Waals surface area (Å²) in [6, 6.07) is 7.44. The molecule has 1 amide bonds. The number of amides is 1. The minimum Gasteiger partial charge on any atom is -0.465 e. The van der Waals surface area contributed by atoms with Gasteiger partial charge in [-0.05, 0) is 49.3 Å². The molecule has 0 fully saturated rings. The van der Waals surface area contributed by atoms with Gasteiger partial charge in [0.1, 0.15) is 5.00 Å². The quantitative estimate of drug-likeness (QED) is 0.671. The minimum atomic E-state index is -0.377. The number of anilines is 1. The Labute approximate surface area is 143 Å². The number of carbonyl (C=O) groups excluding carboxylic acids is 2. The zero-order valence-corrected chi connectivity index (χ0v) is 14.6. The molecule has 0 radical (unpaired) electrons. The Balaban J connectivity index is 1.90. The molecule has 2 aromatic rings. The van der Waals surface area contributed by atoms with Crippen molar-refractivity contribution in [1.29, 1.82) is 0 Å². The maximum absolute atomic E-state index is 12.5. The SMILES string of the molecule is COC(=O)c1c(NC(=O)c2cccc(SC)c2)sc2c1CCC2. The number of thioether (sulfide) groups is 1. The summed E-state index contributed by atoms with van der Waals surface area (Å²) in [5.74, 6) is -0.580. The first-order valence-corrected chi connectivity index (χ1v) is 9.36. The number of fused-ring (bicyclic) bond motifs is 1. The molecule has 0 unspecified atom stereocenters. The molecule has 0 saturated carbocycles. The second-order valence-corrected chi connectivity index (χ2v) is 7.22. The summed E-state index contributed by atoms with van der Waals surface area (Å²) in [4.78, 5) is 26.8. The highest BCUT2D eigenvalue weighted by Gasteiger charge is 2.28. The fraction of sp³-hybridized carbons (Fsp3) is 0.294. The fourth-order valence-electron chi connectivity index (χ4n) is 2.75. The number of rotatable bonds is 4. The van der Waals surface area contributed by atoms with Gasteiger partial charge in [-0.1, -0.05) is 6.07 Å². The van der Waals surface area contributed by atoms with Crippen LogP contribution in [0.1, 0.15) is 37.6 Å². The van der Waals surface area contributed by atoms with Gasteiger partial charge in [-0.15, -0.1) is 23.1 Å². The molecule has 0 saturated heterocycles. The standard InChI is InChI=1S/C17H17NO3S2/c1-21-17(20)14-12-7-4-8-13(12)23-16(14)18-15(19)10-5-3-6-11(9-10)22-2/h3,5-6,9H,4,7-8H2,1-2H3,(H,18,19). The molecule has 1 aliphatic rings. The first-order valence-electron chi connectivity index (χ1n) is 7.32. The van der Waals surface area contributed by atoms with Crippen LogP contribution in [0.5, 0.6) is 0 Å². The molecule has 1 aliphatic carbocycles. The van der Waals surface area contributed by atoms with Gasteiger partial charge in [-0.2, -0.15) is 0 Å². The van der Waals surface area contributed by atoms with Gasteiger partial charge < -0.3 is 10.1 Å². The second-order valence-electron chi connectivity index (χ2n) is 5.24. The van der Waals surface area contributed by atoms with Crippen molar-refractivity contribution in [1.82, 2.24) is 0 Å². The van der Waals surface area contributed by atoms with Gasteiger partial charge in [-0.25, -0.2) is 4.79 Å². The molecule has 0 bridgehead atoms. The van der Waals surface area contributed by atoms with Gasteiger partial charge >= 0.3 is 5.97 Å². The third-order valence-corrected chi connectivity index (χ3v) is 5.80. The molecular formula is C17H17NO3S2. The molecule has 23 heavy (non-hydrogen) atoms. The lowest BCUT2D eigenvalue weighted by atomic mass is 10.1. The van der Waals surface area contributed by atoms with Crippen molar-refractivity contribution in [3.8, 4) is 0 Å². The van der Waals surface area contributed by atoms with Gasteiger partial charge in [-0.3, -0.25) is 4.79 Å². The molecular weight excluding hydrogens is 330 g/mol. The Hall–Kier alpha value is -1.79. The number of aryl methyl sites for hydroxylation is 1. The highest BCUT2D eigenvalue weighted by atomic mass is 32.2. The summed E-state index contributed by atoms with van der Waals surface area (Å²) in [6.07, 6.45) is 4.85. The molecule has 1 heterocycles. The lowest BCUT2D eigenvalue weighted by Gasteiger charge is -2.07. The van der Waals surface area contributed by atoms with Crippen LogP contribution in [-0.2, 0) is 17.6 Å². The average Bonchev–Trinajstić information content (AvgIpc) is 3.14. The van der Waals surface area contributed by atoms with Crippen LogP contribution < -0.4 is 5.32 Å². The van der Waals surface area contributed by atoms with Crippen LogP contribution in [0.2, 0.25) is 0 Å². The molecule has 0 atom stereocenters. The summed E-state index contributed by atoms with van der Waals surface area (Å²) in [5.41, 5.74) is 2.15. The smallest absolute Gasteiger partial charge is 0.341 e. The van der Waals surface area contributed by atoms with Gasteiger partial charge in [0.15, 0.2) is 0 Å². The topological polar surface area (TPSA) is 55.4 Å². The van der Waals surface area contributed by atoms with Crippen molar-refractivity contribution in [3.05, 3.63) is 45.8 Å². The van der Waals surface area contributed by atoms with Crippen LogP contribution in [0, 0.1) is 0 Å². The third kappa shape index (κ3) is 3.14. The van der Waals surface area contributed by atoms with E-state index in [1.807, 2.05) is 24.5 Å². The summed E-state index contributed by atoms with van der Waals surface area (Å²) < 4.78 is 4.90. The zero-order valence-electron chi connectivity index (χ0n) is 13.0. The molecule has 0 aliphatic heterocycles. The van der Waals surface area contributed by atoms with Crippen LogP contribution in [0.15, 0.2) is 29.2 Å². The van der Waals surface area contributed by atoms with E-state index in [-0.39, 0.29) is 11.9 Å². The summed E-state index contributed by atoms with van der Waals surface area (Å²) in [6.45, 7) is 0. The maximum atomic E-state index is 12.5. The summed E-state index contributed by atoms with van der Waals surface area (Å²) in [7, 11) is 1.37. The van der Waals surface area contributed by atoms with E-state index in [4.69, 9.17) is 4.74 Å². The predicted molar refractivity (Wildman–Crippen MR) is 93.9 cm³/mol. The number of ether oxygens (including phenoxy) is 1. The second kappa shape index (κ2) is 6.76. The van der Waals surface area contributed by atoms with Crippen LogP contribution in [0.4, 0.5) is 5.00 Å². The van der Waals surface area contributed by atoms with Gasteiger partial charge in [0.2, 0.25) is 0 Å². The number of esters is 1. The van der Waals surface area contributed by atoms with Gasteiger partial charge in [0.25, 0.3) is 5.91 Å². The van der Waals surface area contributed by atoms with E-state index in [2.05, 4.69) is 5.32 Å². The maximum Gasteiger partial charge on any atom is 0.341 e. The molecule has 1 aromatic heterocycles. The van der Waals surface area contributed by atoms with E-state index >= 15 is 0 Å². The Bertz CT molecular complexity index is 767. The van der Waals surface area contributed by atoms with Crippen molar-refractivity contribution < 1.29 is 14.3 Å². The molecule has 1 aromatic carbocycles. The number of benzene rings is 1. The Morgan fingerprint density at radius 3 is 2.87 bits per heavy atom. The van der Waals surface area contributed by atoms with Crippen molar-refractivity contribution in [2.45, 2.75) is 24.2 Å². The first kappa shape index (κ1) is 16.1. The number of thiophene rings is 1. The van der Waals surface area contributed by atoms with E-state index in [1.54, 1.807) is 17.8 Å². The van der Waals surface area contributed by atoms with Crippen molar-refractivity contribution in [2.24, 2.45) is 0 Å². The van der Waals surface area contributed by atoms with Crippen molar-refractivity contribution in [3.63, 3.8) is 0 Å². The van der Waals surface area contributed by atoms with Crippen molar-refractivity contribution >= 4 is 40.0 Å². The number of methoxy groups -OCH3 is 1. The largest absolute Gasteiger partial charge is 0.465 e. The molecule has 120 valence electrons. The van der Waals surface area contributed by atoms with Crippen LogP contribution in [0.25, 0.3) is 0 Å². The van der Waals surface area contributed by atoms with E-state index in [9.17, 15) is 9.59 Å². The molecule has 4 nitrogen and oxygen atoms in total. The number of hydrogen-bond donors (Lipinski definition) is 1. The van der Waals surface area contributed by atoms with Gasteiger partial charge in [0.05, 0.1) is 12.7 Å². The molecule has 3 rings (SSSR count). The van der Waals surface area contributed by atoms with Crippen LogP contribution in [0.3, 0.4) is 0 Å². The summed E-state index contributed by atoms with van der Waals surface area (Å²) in [5, 5.41) is 3.49. The predicted octanol–water partition coefficient (Wildman–Crippen LogP) is 4.00. The lowest BCUT2D eigenvalue weighted by Crippen LogP contribution is -2.14. The highest BCUT2D eigenvalue weighted by Crippen LogP contribution is 2.39. The number of hydrogen-bond acceptors (Lipinski definition) is 5. The zero-order chi connectivity index (χ0) is 16.4. The Morgan fingerprint density at radius 2 is 2.13 bits per heavy atom. The summed E-state index contributed by atoms with van der Waals surface area (Å²) >= 11 is 3.07. The monoisotopic (exact) mass is 347 g/mol. The Kier molecular flexibility index (Phi) is 4.73. The van der Waals surface area contributed by atoms with E-state index in [1.165, 1.54) is 23.3 Å². The normalized spacial score (nSPS) is 12.8. The lowest BCUT2D eigenvalue weighted by molar-refractivity contribution is 0.0601. The third-order valence-electron chi connectivity index (χ3n) is 3.87. The van der Waals surface area contributed by atoms with Gasteiger partial charge in [0, 0.05) is 15.3 Å². The fourth-order valence-corrected chi connectivity index (χ4v) is 4.48. The average molecular weight is 347 g/mol. The van der Waals surface area contributed by atoms with E-state index in [0.717, 1.165) is 29.7 Å². The number of carbonyl (C=O) groups is 2. The minimum absolute atomic E-state index is 0.203. The molecule has 6 heteroatoms. The number of nitrogens with one attached hydrogen (secondary N) is 1. The van der Waals surface area contributed by atoms with E-state index in [0.29, 0.717) is 16.1 Å². The first-order chi connectivity index (χ1) is 11.1. The highest BCUT2D eigenvalue weighted by molar-refractivity contribution is 7.98. The van der Waals surface area contributed by atoms with Crippen LogP contribution >= 0.6 is 23.1 Å². The molecule has 1 N–H and O–H groups in total. The van der Waals surface area contributed by atoms with Crippen LogP contribution in [-0.4, -0.2) is 25.2 Å². The Morgan fingerprint density at radius 1 is 1.30 bits per heavy atom.